The Bertz CT molecular complexity index is 124. The van der Waals surface area contributed by atoms with Crippen LogP contribution in [0.1, 0.15) is 27.7 Å². The van der Waals surface area contributed by atoms with Gasteiger partial charge >= 0.3 is 0 Å². The molecule has 0 saturated heterocycles. The lowest BCUT2D eigenvalue weighted by Gasteiger charge is -2.25. The van der Waals surface area contributed by atoms with Gasteiger partial charge in [0, 0.05) is 13.0 Å². The Kier molecular flexibility index (Phi) is 2.88. The maximum atomic E-state index is 11.0. The Morgan fingerprint density at radius 3 is 1.90 bits per heavy atom. The average molecular weight is 143 g/mol. The zero-order valence-electron chi connectivity index (χ0n) is 7.49. The Morgan fingerprint density at radius 1 is 1.40 bits per heavy atom. The van der Waals surface area contributed by atoms with Gasteiger partial charge in [0.05, 0.1) is 0 Å². The Balaban J connectivity index is 4.08. The first-order valence-electron chi connectivity index (χ1n) is 3.61. The van der Waals surface area contributed by atoms with Crippen molar-refractivity contribution in [3.8, 4) is 0 Å². The summed E-state index contributed by atoms with van der Waals surface area (Å²) < 4.78 is 0. The second-order valence-corrected chi connectivity index (χ2v) is 3.70. The average Bonchev–Trinajstić information content (AvgIpc) is 1.83. The minimum atomic E-state index is 0.0695. The predicted octanol–water partition coefficient (Wildman–Crippen LogP) is 1.41. The second kappa shape index (κ2) is 3.04. The highest BCUT2D eigenvalue weighted by atomic mass is 16.1. The molecule has 0 aliphatic rings. The van der Waals surface area contributed by atoms with Crippen molar-refractivity contribution in [1.29, 1.82) is 0 Å². The van der Waals surface area contributed by atoms with Crippen LogP contribution in [-0.4, -0.2) is 13.0 Å². The molecule has 10 heavy (non-hydrogen) atoms. The van der Waals surface area contributed by atoms with Gasteiger partial charge in [-0.25, -0.2) is 0 Å². The van der Waals surface area contributed by atoms with Crippen molar-refractivity contribution in [1.82, 2.24) is 5.32 Å². The smallest absolute Gasteiger partial charge is 0.223 e. The molecular weight excluding hydrogens is 126 g/mol. The van der Waals surface area contributed by atoms with Gasteiger partial charge in [0.2, 0.25) is 5.91 Å². The molecule has 0 aliphatic heterocycles. The van der Waals surface area contributed by atoms with Gasteiger partial charge in [-0.2, -0.15) is 0 Å². The standard InChI is InChI=1S/C8H17NO/c1-6(7(10)9-5)8(2,3)4/h6H,1-5H3,(H,9,10)/t6-/m1/s1. The van der Waals surface area contributed by atoms with Crippen LogP contribution in [0.25, 0.3) is 0 Å². The lowest BCUT2D eigenvalue weighted by Crippen LogP contribution is -2.33. The summed E-state index contributed by atoms with van der Waals surface area (Å²) in [6, 6.07) is 0. The van der Waals surface area contributed by atoms with E-state index in [0.29, 0.717) is 0 Å². The van der Waals surface area contributed by atoms with Crippen LogP contribution in [0.15, 0.2) is 0 Å². The summed E-state index contributed by atoms with van der Waals surface area (Å²) in [4.78, 5) is 11.0. The van der Waals surface area contributed by atoms with E-state index in [9.17, 15) is 4.79 Å². The van der Waals surface area contributed by atoms with Crippen molar-refractivity contribution in [2.75, 3.05) is 7.05 Å². The molecular formula is C8H17NO. The van der Waals surface area contributed by atoms with Crippen LogP contribution in [-0.2, 0) is 4.79 Å². The normalized spacial score (nSPS) is 14.5. The fourth-order valence-corrected chi connectivity index (χ4v) is 0.610. The molecule has 0 aromatic carbocycles. The molecule has 0 heterocycles. The molecule has 0 spiro atoms. The van der Waals surface area contributed by atoms with Crippen molar-refractivity contribution in [2.45, 2.75) is 27.7 Å². The summed E-state index contributed by atoms with van der Waals surface area (Å²) in [6.45, 7) is 8.13. The molecule has 1 atom stereocenters. The molecule has 2 heteroatoms. The summed E-state index contributed by atoms with van der Waals surface area (Å²) in [5.41, 5.74) is 0.0695. The zero-order chi connectivity index (χ0) is 8.36. The van der Waals surface area contributed by atoms with Crippen LogP contribution in [0, 0.1) is 11.3 Å². The number of hydrogen-bond donors (Lipinski definition) is 1. The number of nitrogens with one attached hydrogen (secondary N) is 1. The van der Waals surface area contributed by atoms with Crippen molar-refractivity contribution in [3.63, 3.8) is 0 Å². The highest BCUT2D eigenvalue weighted by molar-refractivity contribution is 5.78. The molecule has 0 aromatic heterocycles. The number of hydrogen-bond acceptors (Lipinski definition) is 1. The quantitative estimate of drug-likeness (QED) is 0.591. The molecule has 0 saturated carbocycles. The van der Waals surface area contributed by atoms with E-state index < -0.39 is 0 Å². The van der Waals surface area contributed by atoms with Gasteiger partial charge in [0.15, 0.2) is 0 Å². The molecule has 0 fully saturated rings. The van der Waals surface area contributed by atoms with Gasteiger partial charge in [-0.15, -0.1) is 0 Å². The number of amides is 1. The summed E-state index contributed by atoms with van der Waals surface area (Å²) >= 11 is 0. The maximum absolute atomic E-state index is 11.0. The topological polar surface area (TPSA) is 29.1 Å². The fraction of sp³-hybridized carbons (Fsp3) is 0.875. The van der Waals surface area contributed by atoms with E-state index in [-0.39, 0.29) is 17.2 Å². The SMILES string of the molecule is CNC(=O)[C@@H](C)C(C)(C)C. The molecule has 0 radical (unpaired) electrons. The van der Waals surface area contributed by atoms with Crippen LogP contribution < -0.4 is 5.32 Å². The lowest BCUT2D eigenvalue weighted by atomic mass is 9.81. The summed E-state index contributed by atoms with van der Waals surface area (Å²) in [5, 5.41) is 2.63. The Hall–Kier alpha value is -0.530. The predicted molar refractivity (Wildman–Crippen MR) is 42.7 cm³/mol. The van der Waals surface area contributed by atoms with Crippen LogP contribution in [0.2, 0.25) is 0 Å². The highest BCUT2D eigenvalue weighted by Gasteiger charge is 2.25. The maximum Gasteiger partial charge on any atom is 0.223 e. The van der Waals surface area contributed by atoms with Crippen molar-refractivity contribution in [2.24, 2.45) is 11.3 Å². The number of rotatable bonds is 1. The summed E-state index contributed by atoms with van der Waals surface area (Å²) in [5.74, 6) is 0.199. The van der Waals surface area contributed by atoms with E-state index in [0.717, 1.165) is 0 Å². The minimum absolute atomic E-state index is 0.0695. The third-order valence-electron chi connectivity index (χ3n) is 1.94. The van der Waals surface area contributed by atoms with Crippen molar-refractivity contribution < 1.29 is 4.79 Å². The number of carbonyl (C=O) groups is 1. The lowest BCUT2D eigenvalue weighted by molar-refractivity contribution is -0.126. The largest absolute Gasteiger partial charge is 0.359 e. The number of carbonyl (C=O) groups excluding carboxylic acids is 1. The molecule has 0 unspecified atom stereocenters. The Morgan fingerprint density at radius 2 is 1.80 bits per heavy atom. The van der Waals surface area contributed by atoms with Gasteiger partial charge in [-0.05, 0) is 5.41 Å². The van der Waals surface area contributed by atoms with E-state index >= 15 is 0 Å². The van der Waals surface area contributed by atoms with Crippen LogP contribution in [0.3, 0.4) is 0 Å². The van der Waals surface area contributed by atoms with E-state index in [4.69, 9.17) is 0 Å². The van der Waals surface area contributed by atoms with Crippen LogP contribution in [0.5, 0.6) is 0 Å². The highest BCUT2D eigenvalue weighted by Crippen LogP contribution is 2.24. The summed E-state index contributed by atoms with van der Waals surface area (Å²) in [7, 11) is 1.67. The molecule has 0 aromatic rings. The summed E-state index contributed by atoms with van der Waals surface area (Å²) in [6.07, 6.45) is 0. The second-order valence-electron chi connectivity index (χ2n) is 3.70. The molecule has 0 rings (SSSR count). The van der Waals surface area contributed by atoms with Crippen LogP contribution in [0.4, 0.5) is 0 Å². The molecule has 0 bridgehead atoms. The van der Waals surface area contributed by atoms with Gasteiger partial charge in [-0.3, -0.25) is 4.79 Å². The fourth-order valence-electron chi connectivity index (χ4n) is 0.610. The van der Waals surface area contributed by atoms with Gasteiger partial charge in [0.25, 0.3) is 0 Å². The molecule has 60 valence electrons. The van der Waals surface area contributed by atoms with Gasteiger partial charge in [-0.1, -0.05) is 27.7 Å². The molecule has 1 N–H and O–H groups in total. The minimum Gasteiger partial charge on any atom is -0.359 e. The molecule has 1 amide bonds. The van der Waals surface area contributed by atoms with E-state index in [2.05, 4.69) is 26.1 Å². The van der Waals surface area contributed by atoms with Crippen LogP contribution >= 0.6 is 0 Å². The van der Waals surface area contributed by atoms with Crippen molar-refractivity contribution >= 4 is 5.91 Å². The monoisotopic (exact) mass is 143 g/mol. The first-order valence-corrected chi connectivity index (χ1v) is 3.61. The molecule has 0 aliphatic carbocycles. The van der Waals surface area contributed by atoms with Gasteiger partial charge < -0.3 is 5.32 Å². The molecule has 2 nitrogen and oxygen atoms in total. The van der Waals surface area contributed by atoms with E-state index in [1.807, 2.05) is 6.92 Å². The van der Waals surface area contributed by atoms with Gasteiger partial charge in [0.1, 0.15) is 0 Å². The third kappa shape index (κ3) is 2.38. The van der Waals surface area contributed by atoms with Crippen molar-refractivity contribution in [3.05, 3.63) is 0 Å². The van der Waals surface area contributed by atoms with E-state index in [1.54, 1.807) is 7.05 Å². The first-order chi connectivity index (χ1) is 4.39. The van der Waals surface area contributed by atoms with E-state index in [1.165, 1.54) is 0 Å². The third-order valence-corrected chi connectivity index (χ3v) is 1.94. The Labute approximate surface area is 63.0 Å². The zero-order valence-corrected chi connectivity index (χ0v) is 7.49. The first kappa shape index (κ1) is 9.47.